The van der Waals surface area contributed by atoms with Crippen LogP contribution in [-0.2, 0) is 0 Å². The smallest absolute Gasteiger partial charge is 0.333 e. The van der Waals surface area contributed by atoms with Crippen molar-refractivity contribution in [3.05, 3.63) is 52.4 Å². The summed E-state index contributed by atoms with van der Waals surface area (Å²) < 4.78 is 0. The van der Waals surface area contributed by atoms with Gasteiger partial charge >= 0.3 is 6.03 Å². The van der Waals surface area contributed by atoms with Gasteiger partial charge in [0.1, 0.15) is 11.5 Å². The Hall–Kier alpha value is -3.44. The first-order valence-corrected chi connectivity index (χ1v) is 14.3. The summed E-state index contributed by atoms with van der Waals surface area (Å²) in [6.07, 6.45) is 4.32. The van der Waals surface area contributed by atoms with Crippen molar-refractivity contribution in [1.82, 2.24) is 35.9 Å². The Morgan fingerprint density at radius 2 is 1.75 bits per heavy atom. The fourth-order valence-electron chi connectivity index (χ4n) is 5.60. The van der Waals surface area contributed by atoms with Crippen molar-refractivity contribution < 1.29 is 14.4 Å². The molecule has 0 unspecified atom stereocenters. The van der Waals surface area contributed by atoms with Crippen LogP contribution in [-0.4, -0.2) is 88.5 Å². The third-order valence-electron chi connectivity index (χ3n) is 7.72. The molecule has 3 N–H and O–H groups in total. The molecule has 0 bridgehead atoms. The topological polar surface area (TPSA) is 123 Å². The molecule has 1 aromatic carbocycles. The van der Waals surface area contributed by atoms with E-state index >= 15 is 0 Å². The van der Waals surface area contributed by atoms with E-state index in [9.17, 15) is 14.4 Å². The number of likely N-dealkylation sites (tertiary alicyclic amines) is 1. The van der Waals surface area contributed by atoms with E-state index in [1.165, 1.54) is 6.20 Å². The number of amides is 4. The zero-order chi connectivity index (χ0) is 28.8. The number of halogens is 1. The standard InChI is InChI=1S/C28H39ClN8O3/c1-5-22-17-36(25-19(4)32-24(15-31-25)26(38)33-34-28(40)30-6-2)18(3)16-37(22)23-11-13-35(14-12-23)27(39)20-7-9-21(29)10-8-20/h7-10,15,18,22-23H,5-6,11-14,16-17H2,1-4H3,(H,33,38)(H2,30,34,40)/t18-,22+/m1/s1. The molecule has 3 heterocycles. The Kier molecular flexibility index (Phi) is 9.80. The molecule has 0 spiro atoms. The van der Waals surface area contributed by atoms with Crippen LogP contribution in [0.4, 0.5) is 10.6 Å². The number of anilines is 1. The molecule has 2 atom stereocenters. The van der Waals surface area contributed by atoms with E-state index in [0.717, 1.165) is 51.3 Å². The third kappa shape index (κ3) is 6.82. The zero-order valence-electron chi connectivity index (χ0n) is 23.6. The highest BCUT2D eigenvalue weighted by molar-refractivity contribution is 6.30. The van der Waals surface area contributed by atoms with Crippen molar-refractivity contribution in [3.8, 4) is 0 Å². The molecule has 4 rings (SSSR count). The SMILES string of the molecule is CCNC(=O)NNC(=O)c1cnc(N2C[C@H](CC)N(C3CCN(C(=O)c4ccc(Cl)cc4)CC3)C[C@H]2C)c(C)n1. The summed E-state index contributed by atoms with van der Waals surface area (Å²) in [5, 5.41) is 3.17. The first kappa shape index (κ1) is 29.5. The molecule has 1 aromatic heterocycles. The van der Waals surface area contributed by atoms with Crippen molar-refractivity contribution in [3.63, 3.8) is 0 Å². The summed E-state index contributed by atoms with van der Waals surface area (Å²) in [5.41, 5.74) is 6.11. The van der Waals surface area contributed by atoms with Gasteiger partial charge in [-0.2, -0.15) is 0 Å². The van der Waals surface area contributed by atoms with Gasteiger partial charge in [0.15, 0.2) is 0 Å². The molecular weight excluding hydrogens is 532 g/mol. The number of aryl methyl sites for hydroxylation is 1. The van der Waals surface area contributed by atoms with Crippen molar-refractivity contribution in [2.45, 2.75) is 65.1 Å². The number of hydrogen-bond donors (Lipinski definition) is 3. The monoisotopic (exact) mass is 570 g/mol. The average molecular weight is 571 g/mol. The molecule has 0 aliphatic carbocycles. The van der Waals surface area contributed by atoms with E-state index in [2.05, 4.69) is 49.8 Å². The number of hydrazine groups is 1. The lowest BCUT2D eigenvalue weighted by atomic mass is 9.96. The van der Waals surface area contributed by atoms with E-state index in [-0.39, 0.29) is 17.6 Å². The lowest BCUT2D eigenvalue weighted by molar-refractivity contribution is 0.0434. The van der Waals surface area contributed by atoms with E-state index in [1.54, 1.807) is 31.2 Å². The number of carbonyl (C=O) groups excluding carboxylic acids is 3. The molecule has 0 saturated carbocycles. The summed E-state index contributed by atoms with van der Waals surface area (Å²) >= 11 is 5.98. The van der Waals surface area contributed by atoms with Gasteiger partial charge in [0, 0.05) is 61.4 Å². The predicted molar refractivity (Wildman–Crippen MR) is 154 cm³/mol. The van der Waals surface area contributed by atoms with Gasteiger partial charge in [-0.1, -0.05) is 18.5 Å². The molecule has 216 valence electrons. The van der Waals surface area contributed by atoms with Gasteiger partial charge in [-0.05, 0) is 64.3 Å². The van der Waals surface area contributed by atoms with Gasteiger partial charge in [0.2, 0.25) is 0 Å². The molecule has 12 heteroatoms. The number of nitrogens with one attached hydrogen (secondary N) is 3. The zero-order valence-corrected chi connectivity index (χ0v) is 24.4. The summed E-state index contributed by atoms with van der Waals surface area (Å²) in [7, 11) is 0. The van der Waals surface area contributed by atoms with E-state index in [0.29, 0.717) is 34.9 Å². The Balaban J connectivity index is 1.36. The Morgan fingerprint density at radius 3 is 2.38 bits per heavy atom. The summed E-state index contributed by atoms with van der Waals surface area (Å²) in [5.74, 6) is 0.298. The molecule has 2 aliphatic heterocycles. The number of aromatic nitrogens is 2. The molecule has 2 fully saturated rings. The second-order valence-corrected chi connectivity index (χ2v) is 10.8. The van der Waals surface area contributed by atoms with E-state index in [1.807, 2.05) is 11.8 Å². The van der Waals surface area contributed by atoms with Crippen LogP contribution in [0.3, 0.4) is 0 Å². The lowest BCUT2D eigenvalue weighted by Crippen LogP contribution is -2.62. The first-order chi connectivity index (χ1) is 19.2. The van der Waals surface area contributed by atoms with Crippen molar-refractivity contribution in [2.75, 3.05) is 37.6 Å². The third-order valence-corrected chi connectivity index (χ3v) is 7.97. The highest BCUT2D eigenvalue weighted by Gasteiger charge is 2.37. The van der Waals surface area contributed by atoms with Crippen LogP contribution in [0.1, 0.15) is 66.6 Å². The Labute approximate surface area is 240 Å². The lowest BCUT2D eigenvalue weighted by Gasteiger charge is -2.50. The van der Waals surface area contributed by atoms with Crippen LogP contribution in [0.15, 0.2) is 30.5 Å². The second kappa shape index (κ2) is 13.3. The summed E-state index contributed by atoms with van der Waals surface area (Å²) in [4.78, 5) is 52.9. The molecule has 0 radical (unpaired) electrons. The maximum Gasteiger partial charge on any atom is 0.333 e. The number of hydrogen-bond acceptors (Lipinski definition) is 7. The first-order valence-electron chi connectivity index (χ1n) is 14.0. The Morgan fingerprint density at radius 1 is 1.05 bits per heavy atom. The average Bonchev–Trinajstić information content (AvgIpc) is 2.96. The largest absolute Gasteiger partial charge is 0.350 e. The van der Waals surface area contributed by atoms with Gasteiger partial charge in [-0.3, -0.25) is 19.9 Å². The van der Waals surface area contributed by atoms with Crippen LogP contribution in [0.5, 0.6) is 0 Å². The summed E-state index contributed by atoms with van der Waals surface area (Å²) in [6.45, 7) is 11.6. The minimum absolute atomic E-state index is 0.0616. The number of benzene rings is 1. The van der Waals surface area contributed by atoms with Crippen LogP contribution >= 0.6 is 11.6 Å². The molecule has 11 nitrogen and oxygen atoms in total. The fraction of sp³-hybridized carbons (Fsp3) is 0.536. The van der Waals surface area contributed by atoms with E-state index < -0.39 is 11.9 Å². The Bertz CT molecular complexity index is 1200. The van der Waals surface area contributed by atoms with Gasteiger partial charge in [0.25, 0.3) is 11.8 Å². The quantitative estimate of drug-likeness (QED) is 0.456. The number of carbonyl (C=O) groups is 3. The molecule has 2 aromatic rings. The minimum atomic E-state index is -0.529. The highest BCUT2D eigenvalue weighted by atomic mass is 35.5. The van der Waals surface area contributed by atoms with Crippen molar-refractivity contribution in [1.29, 1.82) is 0 Å². The maximum absolute atomic E-state index is 13.0. The van der Waals surface area contributed by atoms with Crippen molar-refractivity contribution >= 4 is 35.3 Å². The second-order valence-electron chi connectivity index (χ2n) is 10.4. The van der Waals surface area contributed by atoms with Crippen LogP contribution < -0.4 is 21.1 Å². The number of piperidine rings is 1. The van der Waals surface area contributed by atoms with E-state index in [4.69, 9.17) is 11.6 Å². The molecule has 2 aliphatic rings. The summed E-state index contributed by atoms with van der Waals surface area (Å²) in [6, 6.07) is 7.55. The minimum Gasteiger partial charge on any atom is -0.350 e. The molecular formula is C28H39ClN8O3. The normalized spacial score (nSPS) is 20.2. The number of rotatable bonds is 6. The van der Waals surface area contributed by atoms with Gasteiger partial charge in [-0.15, -0.1) is 0 Å². The van der Waals surface area contributed by atoms with Gasteiger partial charge in [0.05, 0.1) is 11.9 Å². The molecule has 4 amide bonds. The number of nitrogens with zero attached hydrogens (tertiary/aromatic N) is 5. The molecule has 40 heavy (non-hydrogen) atoms. The number of urea groups is 1. The van der Waals surface area contributed by atoms with Crippen LogP contribution in [0, 0.1) is 6.92 Å². The number of piperazine rings is 1. The maximum atomic E-state index is 13.0. The molecule has 2 saturated heterocycles. The van der Waals surface area contributed by atoms with Crippen LogP contribution in [0.2, 0.25) is 5.02 Å². The van der Waals surface area contributed by atoms with Crippen LogP contribution in [0.25, 0.3) is 0 Å². The predicted octanol–water partition coefficient (Wildman–Crippen LogP) is 3.00. The fourth-order valence-corrected chi connectivity index (χ4v) is 5.72. The highest BCUT2D eigenvalue weighted by Crippen LogP contribution is 2.29. The van der Waals surface area contributed by atoms with Crippen molar-refractivity contribution in [2.24, 2.45) is 0 Å². The van der Waals surface area contributed by atoms with Gasteiger partial charge < -0.3 is 15.1 Å². The van der Waals surface area contributed by atoms with Gasteiger partial charge in [-0.25, -0.2) is 20.2 Å².